The van der Waals surface area contributed by atoms with Crippen molar-refractivity contribution >= 4 is 5.78 Å². The van der Waals surface area contributed by atoms with Crippen LogP contribution in [0.5, 0.6) is 0 Å². The minimum absolute atomic E-state index is 0.242. The van der Waals surface area contributed by atoms with Crippen LogP contribution in [0.25, 0.3) is 0 Å². The van der Waals surface area contributed by atoms with E-state index in [-0.39, 0.29) is 5.54 Å². The molecule has 1 fully saturated rings. The molecule has 0 atom stereocenters. The Kier molecular flexibility index (Phi) is 5.21. The van der Waals surface area contributed by atoms with E-state index < -0.39 is 0 Å². The number of ketones is 1. The minimum Gasteiger partial charge on any atom is -0.297 e. The Bertz CT molecular complexity index is 476. The van der Waals surface area contributed by atoms with Crippen molar-refractivity contribution in [2.24, 2.45) is 0 Å². The van der Waals surface area contributed by atoms with E-state index in [0.29, 0.717) is 12.2 Å². The molecule has 1 aliphatic carbocycles. The van der Waals surface area contributed by atoms with E-state index in [1.165, 1.54) is 42.4 Å². The topological polar surface area (TPSA) is 20.3 Å². The molecule has 0 heterocycles. The lowest BCUT2D eigenvalue weighted by Gasteiger charge is -2.38. The monoisotopic (exact) mass is 287 g/mol. The number of benzene rings is 1. The Hall–Kier alpha value is -1.15. The summed E-state index contributed by atoms with van der Waals surface area (Å²) in [5, 5.41) is 0. The number of carbonyl (C=O) groups is 1. The summed E-state index contributed by atoms with van der Waals surface area (Å²) in [4.78, 5) is 15.2. The molecule has 1 saturated carbocycles. The van der Waals surface area contributed by atoms with Gasteiger partial charge in [-0.15, -0.1) is 0 Å². The van der Waals surface area contributed by atoms with Crippen LogP contribution in [0.4, 0.5) is 0 Å². The van der Waals surface area contributed by atoms with Crippen LogP contribution in [0.2, 0.25) is 0 Å². The van der Waals surface area contributed by atoms with Crippen LogP contribution in [0.1, 0.15) is 55.2 Å². The van der Waals surface area contributed by atoms with Gasteiger partial charge in [0.2, 0.25) is 0 Å². The average Bonchev–Trinajstić information content (AvgIpc) is 2.63. The zero-order chi connectivity index (χ0) is 15.5. The molecule has 0 amide bonds. The van der Waals surface area contributed by atoms with Crippen LogP contribution < -0.4 is 0 Å². The predicted molar refractivity (Wildman–Crippen MR) is 88.7 cm³/mol. The van der Waals surface area contributed by atoms with Crippen molar-refractivity contribution in [3.05, 3.63) is 34.9 Å². The Morgan fingerprint density at radius 1 is 1.00 bits per heavy atom. The van der Waals surface area contributed by atoms with Gasteiger partial charge in [-0.05, 0) is 46.3 Å². The largest absolute Gasteiger partial charge is 0.297 e. The van der Waals surface area contributed by atoms with E-state index >= 15 is 0 Å². The third kappa shape index (κ3) is 3.74. The Morgan fingerprint density at radius 3 is 2.00 bits per heavy atom. The zero-order valence-electron chi connectivity index (χ0n) is 14.0. The van der Waals surface area contributed by atoms with Crippen LogP contribution in [-0.2, 0) is 11.2 Å². The lowest BCUT2D eigenvalue weighted by molar-refractivity contribution is -0.130. The molecule has 0 aliphatic heterocycles. The molecule has 0 radical (unpaired) electrons. The molecule has 1 aromatic rings. The quantitative estimate of drug-likeness (QED) is 0.778. The van der Waals surface area contributed by atoms with E-state index in [0.717, 1.165) is 12.8 Å². The normalized spacial score (nSPS) is 18.5. The van der Waals surface area contributed by atoms with Gasteiger partial charge in [0.1, 0.15) is 0 Å². The third-order valence-corrected chi connectivity index (χ3v) is 4.95. The molecule has 0 aromatic heterocycles. The first-order valence-electron chi connectivity index (χ1n) is 8.22. The maximum atomic E-state index is 13.1. The smallest absolute Gasteiger partial charge is 0.157 e. The summed E-state index contributed by atoms with van der Waals surface area (Å²) in [5.41, 5.74) is 3.42. The molecule has 0 N–H and O–H groups in total. The molecule has 1 aromatic carbocycles. The molecule has 0 bridgehead atoms. The maximum absolute atomic E-state index is 13.1. The number of rotatable bonds is 4. The summed E-state index contributed by atoms with van der Waals surface area (Å²) in [7, 11) is 4.15. The molecule has 0 saturated heterocycles. The van der Waals surface area contributed by atoms with Gasteiger partial charge in [0.05, 0.1) is 5.54 Å². The SMILES string of the molecule is Cc1cc(C)cc(CC(=O)C2(N(C)C)CCCCCC2)c1. The lowest BCUT2D eigenvalue weighted by atomic mass is 9.81. The fourth-order valence-electron chi connectivity index (χ4n) is 3.81. The number of hydrogen-bond donors (Lipinski definition) is 0. The molecular weight excluding hydrogens is 258 g/mol. The highest BCUT2D eigenvalue weighted by molar-refractivity contribution is 5.90. The fraction of sp³-hybridized carbons (Fsp3) is 0.632. The highest BCUT2D eigenvalue weighted by Crippen LogP contribution is 2.33. The van der Waals surface area contributed by atoms with E-state index in [2.05, 4.69) is 51.0 Å². The summed E-state index contributed by atoms with van der Waals surface area (Å²) in [6.07, 6.45) is 7.50. The Morgan fingerprint density at radius 2 is 1.52 bits per heavy atom. The summed E-state index contributed by atoms with van der Waals surface area (Å²) in [5.74, 6) is 0.402. The van der Waals surface area contributed by atoms with Crippen molar-refractivity contribution in [3.63, 3.8) is 0 Å². The van der Waals surface area contributed by atoms with E-state index in [1.807, 2.05) is 0 Å². The molecular formula is C19H29NO. The fourth-order valence-corrected chi connectivity index (χ4v) is 3.81. The molecule has 1 aliphatic rings. The summed E-state index contributed by atoms with van der Waals surface area (Å²) < 4.78 is 0. The van der Waals surface area contributed by atoms with Gasteiger partial charge >= 0.3 is 0 Å². The Balaban J connectivity index is 2.22. The standard InChI is InChI=1S/C19H29NO/c1-15-11-16(2)13-17(12-15)14-18(21)19(20(3)4)9-7-5-6-8-10-19/h11-13H,5-10,14H2,1-4H3. The second-order valence-corrected chi connectivity index (χ2v) is 6.94. The maximum Gasteiger partial charge on any atom is 0.157 e. The minimum atomic E-state index is -0.242. The van der Waals surface area contributed by atoms with Gasteiger partial charge < -0.3 is 0 Å². The second kappa shape index (κ2) is 6.74. The van der Waals surface area contributed by atoms with Gasteiger partial charge in [0.25, 0.3) is 0 Å². The van der Waals surface area contributed by atoms with Crippen LogP contribution in [0, 0.1) is 13.8 Å². The second-order valence-electron chi connectivity index (χ2n) is 6.94. The van der Waals surface area contributed by atoms with Crippen molar-refractivity contribution in [2.45, 2.75) is 64.3 Å². The molecule has 21 heavy (non-hydrogen) atoms. The molecule has 2 rings (SSSR count). The summed E-state index contributed by atoms with van der Waals surface area (Å²) in [6.45, 7) is 4.21. The molecule has 0 unspecified atom stereocenters. The number of carbonyl (C=O) groups excluding carboxylic acids is 1. The van der Waals surface area contributed by atoms with Crippen molar-refractivity contribution in [3.8, 4) is 0 Å². The van der Waals surface area contributed by atoms with E-state index in [9.17, 15) is 4.79 Å². The van der Waals surface area contributed by atoms with Crippen LogP contribution >= 0.6 is 0 Å². The molecule has 116 valence electrons. The van der Waals surface area contributed by atoms with Gasteiger partial charge in [0, 0.05) is 6.42 Å². The van der Waals surface area contributed by atoms with Gasteiger partial charge in [-0.3, -0.25) is 9.69 Å². The first-order valence-corrected chi connectivity index (χ1v) is 8.22. The first kappa shape index (κ1) is 16.2. The number of likely N-dealkylation sites (N-methyl/N-ethyl adjacent to an activating group) is 1. The van der Waals surface area contributed by atoms with E-state index in [1.54, 1.807) is 0 Å². The highest BCUT2D eigenvalue weighted by atomic mass is 16.1. The molecule has 0 spiro atoms. The van der Waals surface area contributed by atoms with Gasteiger partial charge in [-0.2, -0.15) is 0 Å². The number of hydrogen-bond acceptors (Lipinski definition) is 2. The van der Waals surface area contributed by atoms with Crippen molar-refractivity contribution in [1.29, 1.82) is 0 Å². The zero-order valence-corrected chi connectivity index (χ0v) is 14.0. The van der Waals surface area contributed by atoms with E-state index in [4.69, 9.17) is 0 Å². The van der Waals surface area contributed by atoms with Gasteiger partial charge in [0.15, 0.2) is 5.78 Å². The number of aryl methyl sites for hydroxylation is 2. The highest BCUT2D eigenvalue weighted by Gasteiger charge is 2.39. The molecule has 2 heteroatoms. The Labute approximate surface area is 129 Å². The summed E-state index contributed by atoms with van der Waals surface area (Å²) >= 11 is 0. The summed E-state index contributed by atoms with van der Waals surface area (Å²) in [6, 6.07) is 6.48. The molecule has 2 nitrogen and oxygen atoms in total. The van der Waals surface area contributed by atoms with Crippen molar-refractivity contribution in [2.75, 3.05) is 14.1 Å². The third-order valence-electron chi connectivity index (χ3n) is 4.95. The van der Waals surface area contributed by atoms with Crippen molar-refractivity contribution < 1.29 is 4.79 Å². The number of Topliss-reactive ketones (excluding diaryl/α,β-unsaturated/α-hetero) is 1. The number of nitrogens with zero attached hydrogens (tertiary/aromatic N) is 1. The van der Waals surface area contributed by atoms with Crippen LogP contribution in [0.3, 0.4) is 0 Å². The van der Waals surface area contributed by atoms with Crippen LogP contribution in [0.15, 0.2) is 18.2 Å². The lowest BCUT2D eigenvalue weighted by Crippen LogP contribution is -2.51. The van der Waals surface area contributed by atoms with Gasteiger partial charge in [-0.1, -0.05) is 55.0 Å². The average molecular weight is 287 g/mol. The first-order chi connectivity index (χ1) is 9.94. The van der Waals surface area contributed by atoms with Crippen LogP contribution in [-0.4, -0.2) is 30.3 Å². The van der Waals surface area contributed by atoms with Gasteiger partial charge in [-0.25, -0.2) is 0 Å². The van der Waals surface area contributed by atoms with Crippen molar-refractivity contribution in [1.82, 2.24) is 4.90 Å². The predicted octanol–water partition coefficient (Wildman–Crippen LogP) is 4.07.